The fourth-order valence-electron chi connectivity index (χ4n) is 3.64. The van der Waals surface area contributed by atoms with Crippen molar-refractivity contribution in [2.24, 2.45) is 17.7 Å². The molecule has 1 saturated carbocycles. The molecule has 2 rings (SSSR count). The predicted molar refractivity (Wildman–Crippen MR) is 72.3 cm³/mol. The molecule has 4 unspecified atom stereocenters. The summed E-state index contributed by atoms with van der Waals surface area (Å²) in [7, 11) is 0. The van der Waals surface area contributed by atoms with E-state index in [1.165, 1.54) is 44.3 Å². The number of nitrogens with two attached hydrogens (primary N) is 1. The van der Waals surface area contributed by atoms with Crippen molar-refractivity contribution in [1.82, 2.24) is 5.43 Å². The Bertz CT molecular complexity index is 226. The van der Waals surface area contributed by atoms with Crippen LogP contribution in [0.2, 0.25) is 0 Å². The van der Waals surface area contributed by atoms with Crippen molar-refractivity contribution < 1.29 is 0 Å². The average Bonchev–Trinajstić information content (AvgIpc) is 2.67. The molecular weight excluding hydrogens is 216 g/mol. The van der Waals surface area contributed by atoms with Gasteiger partial charge < -0.3 is 0 Å². The third-order valence-electron chi connectivity index (χ3n) is 4.54. The van der Waals surface area contributed by atoms with Gasteiger partial charge in [-0.1, -0.05) is 19.8 Å². The molecule has 1 aliphatic carbocycles. The van der Waals surface area contributed by atoms with Crippen LogP contribution in [0.1, 0.15) is 52.4 Å². The summed E-state index contributed by atoms with van der Waals surface area (Å²) in [5.41, 5.74) is 3.15. The van der Waals surface area contributed by atoms with E-state index in [1.54, 1.807) is 0 Å². The van der Waals surface area contributed by atoms with Crippen LogP contribution in [-0.4, -0.2) is 16.5 Å². The number of thioether (sulfide) groups is 1. The SMILES string of the molecule is CC1CCCC(C(NN)C2(C)CCCS2)C1. The molecule has 2 nitrogen and oxygen atoms in total. The zero-order chi connectivity index (χ0) is 11.6. The topological polar surface area (TPSA) is 38.0 Å². The van der Waals surface area contributed by atoms with Crippen LogP contribution in [0.15, 0.2) is 0 Å². The summed E-state index contributed by atoms with van der Waals surface area (Å²) in [4.78, 5) is 0. The van der Waals surface area contributed by atoms with Crippen molar-refractivity contribution in [2.45, 2.75) is 63.2 Å². The predicted octanol–water partition coefficient (Wildman–Crippen LogP) is 2.93. The van der Waals surface area contributed by atoms with E-state index in [9.17, 15) is 0 Å². The van der Waals surface area contributed by atoms with Gasteiger partial charge in [0.15, 0.2) is 0 Å². The van der Waals surface area contributed by atoms with Crippen LogP contribution < -0.4 is 11.3 Å². The van der Waals surface area contributed by atoms with Gasteiger partial charge in [0.05, 0.1) is 0 Å². The van der Waals surface area contributed by atoms with Crippen LogP contribution in [0.5, 0.6) is 0 Å². The van der Waals surface area contributed by atoms with Gasteiger partial charge in [-0.25, -0.2) is 0 Å². The highest BCUT2D eigenvalue weighted by molar-refractivity contribution is 8.00. The molecule has 0 amide bonds. The summed E-state index contributed by atoms with van der Waals surface area (Å²) in [5, 5.41) is 0. The van der Waals surface area contributed by atoms with E-state index in [0.717, 1.165) is 11.8 Å². The molecule has 2 fully saturated rings. The first-order valence-electron chi connectivity index (χ1n) is 6.76. The van der Waals surface area contributed by atoms with E-state index in [4.69, 9.17) is 5.84 Å². The number of hydrogen-bond donors (Lipinski definition) is 2. The smallest absolute Gasteiger partial charge is 0.0383 e. The van der Waals surface area contributed by atoms with Crippen molar-refractivity contribution in [1.29, 1.82) is 0 Å². The first kappa shape index (κ1) is 12.7. The summed E-state index contributed by atoms with van der Waals surface area (Å²) in [6.45, 7) is 4.80. The lowest BCUT2D eigenvalue weighted by molar-refractivity contribution is 0.195. The standard InChI is InChI=1S/C13H26N2S/c1-10-5-3-6-11(9-10)12(15-14)13(2)7-4-8-16-13/h10-12,15H,3-9,14H2,1-2H3. The van der Waals surface area contributed by atoms with E-state index in [1.807, 2.05) is 0 Å². The zero-order valence-electron chi connectivity index (χ0n) is 10.7. The summed E-state index contributed by atoms with van der Waals surface area (Å²) in [5.74, 6) is 8.86. The van der Waals surface area contributed by atoms with Gasteiger partial charge in [-0.15, -0.1) is 0 Å². The minimum Gasteiger partial charge on any atom is -0.271 e. The van der Waals surface area contributed by atoms with Gasteiger partial charge in [0, 0.05) is 10.8 Å². The van der Waals surface area contributed by atoms with Crippen molar-refractivity contribution in [3.05, 3.63) is 0 Å². The van der Waals surface area contributed by atoms with Crippen molar-refractivity contribution in [3.63, 3.8) is 0 Å². The molecular formula is C13H26N2S. The minimum atomic E-state index is 0.385. The molecule has 2 aliphatic rings. The molecule has 0 radical (unpaired) electrons. The van der Waals surface area contributed by atoms with Gasteiger partial charge in [0.25, 0.3) is 0 Å². The van der Waals surface area contributed by atoms with Crippen LogP contribution in [0, 0.1) is 11.8 Å². The van der Waals surface area contributed by atoms with E-state index >= 15 is 0 Å². The Balaban J connectivity index is 2.03. The van der Waals surface area contributed by atoms with Crippen LogP contribution in [0.4, 0.5) is 0 Å². The highest BCUT2D eigenvalue weighted by Crippen LogP contribution is 2.45. The summed E-state index contributed by atoms with van der Waals surface area (Å²) < 4.78 is 0.385. The van der Waals surface area contributed by atoms with Crippen molar-refractivity contribution in [2.75, 3.05) is 5.75 Å². The zero-order valence-corrected chi connectivity index (χ0v) is 11.5. The van der Waals surface area contributed by atoms with E-state index in [-0.39, 0.29) is 0 Å². The van der Waals surface area contributed by atoms with Gasteiger partial charge in [0.1, 0.15) is 0 Å². The lowest BCUT2D eigenvalue weighted by Gasteiger charge is -2.41. The van der Waals surface area contributed by atoms with Crippen LogP contribution in [-0.2, 0) is 0 Å². The van der Waals surface area contributed by atoms with Gasteiger partial charge in [-0.3, -0.25) is 11.3 Å². The maximum Gasteiger partial charge on any atom is 0.0383 e. The summed E-state index contributed by atoms with van der Waals surface area (Å²) in [6, 6.07) is 0.516. The first-order chi connectivity index (χ1) is 7.65. The molecule has 1 saturated heterocycles. The van der Waals surface area contributed by atoms with Gasteiger partial charge in [-0.2, -0.15) is 11.8 Å². The Morgan fingerprint density at radius 2 is 2.19 bits per heavy atom. The Labute approximate surface area is 104 Å². The molecule has 0 aromatic heterocycles. The lowest BCUT2D eigenvalue weighted by Crippen LogP contribution is -2.53. The normalized spacial score (nSPS) is 42.2. The van der Waals surface area contributed by atoms with Gasteiger partial charge in [0.2, 0.25) is 0 Å². The maximum atomic E-state index is 5.85. The third kappa shape index (κ3) is 2.57. The van der Waals surface area contributed by atoms with Crippen molar-refractivity contribution in [3.8, 4) is 0 Å². The fourth-order valence-corrected chi connectivity index (χ4v) is 5.12. The third-order valence-corrected chi connectivity index (χ3v) is 6.15. The largest absolute Gasteiger partial charge is 0.271 e. The van der Waals surface area contributed by atoms with Gasteiger partial charge in [-0.05, 0) is 50.2 Å². The Morgan fingerprint density at radius 1 is 1.38 bits per heavy atom. The molecule has 1 aliphatic heterocycles. The van der Waals surface area contributed by atoms with Crippen molar-refractivity contribution >= 4 is 11.8 Å². The van der Waals surface area contributed by atoms with E-state index in [0.29, 0.717) is 10.8 Å². The summed E-state index contributed by atoms with van der Waals surface area (Å²) >= 11 is 2.13. The molecule has 3 N–H and O–H groups in total. The maximum absolute atomic E-state index is 5.85. The van der Waals surface area contributed by atoms with Crippen LogP contribution in [0.3, 0.4) is 0 Å². The quantitative estimate of drug-likeness (QED) is 0.590. The van der Waals surface area contributed by atoms with Gasteiger partial charge >= 0.3 is 0 Å². The van der Waals surface area contributed by atoms with E-state index < -0.39 is 0 Å². The highest BCUT2D eigenvalue weighted by atomic mass is 32.2. The Morgan fingerprint density at radius 3 is 2.75 bits per heavy atom. The molecule has 16 heavy (non-hydrogen) atoms. The molecule has 0 spiro atoms. The minimum absolute atomic E-state index is 0.385. The van der Waals surface area contributed by atoms with E-state index in [2.05, 4.69) is 31.0 Å². The lowest BCUT2D eigenvalue weighted by atomic mass is 9.74. The highest BCUT2D eigenvalue weighted by Gasteiger charge is 2.42. The Kier molecular flexibility index (Phi) is 4.20. The monoisotopic (exact) mass is 242 g/mol. The van der Waals surface area contributed by atoms with Crippen LogP contribution >= 0.6 is 11.8 Å². The molecule has 4 atom stereocenters. The molecule has 0 aromatic rings. The second-order valence-electron chi connectivity index (χ2n) is 5.94. The first-order valence-corrected chi connectivity index (χ1v) is 7.74. The molecule has 1 heterocycles. The van der Waals surface area contributed by atoms with Crippen LogP contribution in [0.25, 0.3) is 0 Å². The second kappa shape index (κ2) is 5.28. The Hall–Kier alpha value is 0.270. The molecule has 94 valence electrons. The second-order valence-corrected chi connectivity index (χ2v) is 7.57. The number of hydrazine groups is 1. The molecule has 0 aromatic carbocycles. The molecule has 3 heteroatoms. The number of hydrogen-bond acceptors (Lipinski definition) is 3. The summed E-state index contributed by atoms with van der Waals surface area (Å²) in [6.07, 6.45) is 8.24. The average molecular weight is 242 g/mol. The molecule has 0 bridgehead atoms. The number of rotatable bonds is 3. The number of nitrogens with one attached hydrogen (secondary N) is 1. The fraction of sp³-hybridized carbons (Fsp3) is 1.00.